The zero-order valence-corrected chi connectivity index (χ0v) is 16.7. The highest BCUT2D eigenvalue weighted by Crippen LogP contribution is 2.46. The van der Waals surface area contributed by atoms with Gasteiger partial charge in [-0.25, -0.2) is 4.39 Å². The minimum absolute atomic E-state index is 0.132. The van der Waals surface area contributed by atoms with E-state index in [0.717, 1.165) is 56.1 Å². The third-order valence-electron chi connectivity index (χ3n) is 6.01. The Labute approximate surface area is 170 Å². The molecule has 2 atom stereocenters. The lowest BCUT2D eigenvalue weighted by Crippen LogP contribution is -2.49. The summed E-state index contributed by atoms with van der Waals surface area (Å²) in [5.74, 6) is -0.300. The molecule has 2 saturated heterocycles. The van der Waals surface area contributed by atoms with E-state index in [1.165, 1.54) is 17.8 Å². The van der Waals surface area contributed by atoms with Gasteiger partial charge in [-0.15, -0.1) is 0 Å². The Balaban J connectivity index is 1.47. The quantitative estimate of drug-likeness (QED) is 0.730. The Bertz CT molecular complexity index is 778. The molecular formula is C22H26ClFN2O2. The molecule has 2 aliphatic heterocycles. The van der Waals surface area contributed by atoms with Crippen LogP contribution in [0.4, 0.5) is 4.39 Å². The minimum Gasteiger partial charge on any atom is -0.378 e. The summed E-state index contributed by atoms with van der Waals surface area (Å²) in [5, 5.41) is 4.28. The number of hydrogen-bond acceptors (Lipinski definition) is 4. The molecule has 0 saturated carbocycles. The van der Waals surface area contributed by atoms with E-state index in [-0.39, 0.29) is 16.8 Å². The zero-order chi connectivity index (χ0) is 19.5. The van der Waals surface area contributed by atoms with E-state index in [2.05, 4.69) is 10.3 Å². The number of pyridine rings is 1. The van der Waals surface area contributed by atoms with Crippen molar-refractivity contribution in [3.05, 3.63) is 64.7 Å². The summed E-state index contributed by atoms with van der Waals surface area (Å²) in [4.78, 5) is 4.46. The van der Waals surface area contributed by atoms with Crippen molar-refractivity contribution < 1.29 is 13.9 Å². The van der Waals surface area contributed by atoms with Gasteiger partial charge in [-0.05, 0) is 55.6 Å². The Morgan fingerprint density at radius 2 is 1.96 bits per heavy atom. The number of ether oxygens (including phenoxy) is 2. The van der Waals surface area contributed by atoms with E-state index < -0.39 is 0 Å². The largest absolute Gasteiger partial charge is 0.378 e. The van der Waals surface area contributed by atoms with Crippen molar-refractivity contribution >= 4 is 11.6 Å². The van der Waals surface area contributed by atoms with E-state index in [1.54, 1.807) is 0 Å². The van der Waals surface area contributed by atoms with Gasteiger partial charge in [-0.2, -0.15) is 0 Å². The summed E-state index contributed by atoms with van der Waals surface area (Å²) in [6.45, 7) is 3.68. The second-order valence-electron chi connectivity index (χ2n) is 7.96. The number of benzene rings is 1. The molecule has 0 aliphatic carbocycles. The Kier molecular flexibility index (Phi) is 5.97. The molecule has 1 spiro atoms. The average Bonchev–Trinajstić information content (AvgIpc) is 3.14. The van der Waals surface area contributed by atoms with Gasteiger partial charge < -0.3 is 14.8 Å². The molecule has 4 nitrogen and oxygen atoms in total. The molecule has 1 N–H and O–H groups in total. The fourth-order valence-electron chi connectivity index (χ4n) is 4.47. The average molecular weight is 405 g/mol. The van der Waals surface area contributed by atoms with Crippen molar-refractivity contribution in [2.45, 2.75) is 43.2 Å². The summed E-state index contributed by atoms with van der Waals surface area (Å²) in [7, 11) is 0. The van der Waals surface area contributed by atoms with Gasteiger partial charge in [-0.3, -0.25) is 4.98 Å². The smallest absolute Gasteiger partial charge is 0.141 e. The number of nitrogens with one attached hydrogen (secondary N) is 1. The van der Waals surface area contributed by atoms with Crippen LogP contribution in [0.5, 0.6) is 0 Å². The van der Waals surface area contributed by atoms with E-state index in [1.807, 2.05) is 30.3 Å². The predicted octanol–water partition coefficient (Wildman–Crippen LogP) is 4.26. The van der Waals surface area contributed by atoms with Crippen molar-refractivity contribution in [3.63, 3.8) is 0 Å². The third-order valence-corrected chi connectivity index (χ3v) is 6.26. The fraction of sp³-hybridized carbons (Fsp3) is 0.500. The van der Waals surface area contributed by atoms with E-state index >= 15 is 0 Å². The van der Waals surface area contributed by atoms with Gasteiger partial charge in [0.15, 0.2) is 0 Å². The molecule has 4 rings (SSSR count). The van der Waals surface area contributed by atoms with Crippen LogP contribution in [-0.4, -0.2) is 37.0 Å². The highest BCUT2D eigenvalue weighted by molar-refractivity contribution is 6.30. The molecule has 0 bridgehead atoms. The zero-order valence-electron chi connectivity index (χ0n) is 15.9. The van der Waals surface area contributed by atoms with Gasteiger partial charge in [-0.1, -0.05) is 23.7 Å². The lowest BCUT2D eigenvalue weighted by atomic mass is 9.68. The first-order valence-electron chi connectivity index (χ1n) is 9.88. The van der Waals surface area contributed by atoms with Gasteiger partial charge in [0.25, 0.3) is 0 Å². The number of nitrogens with zero attached hydrogens (tertiary/aromatic N) is 1. The SMILES string of the molecule is Fc1ccc(C2(CCNCc3ccc(Cl)cc3)CCOC3(CCOC3)C2)nc1. The summed E-state index contributed by atoms with van der Waals surface area (Å²) < 4.78 is 25.3. The lowest BCUT2D eigenvalue weighted by Gasteiger charge is -2.45. The first-order valence-corrected chi connectivity index (χ1v) is 10.3. The topological polar surface area (TPSA) is 43.4 Å². The van der Waals surface area contributed by atoms with Gasteiger partial charge in [0, 0.05) is 42.3 Å². The van der Waals surface area contributed by atoms with Crippen molar-refractivity contribution in [2.75, 3.05) is 26.4 Å². The van der Waals surface area contributed by atoms with Gasteiger partial charge in [0.05, 0.1) is 18.4 Å². The molecule has 1 aromatic heterocycles. The summed E-state index contributed by atoms with van der Waals surface area (Å²) in [5.41, 5.74) is 1.79. The Hall–Kier alpha value is -1.53. The van der Waals surface area contributed by atoms with Crippen LogP contribution in [-0.2, 0) is 21.4 Å². The van der Waals surface area contributed by atoms with Crippen LogP contribution in [0.25, 0.3) is 0 Å². The highest BCUT2D eigenvalue weighted by atomic mass is 35.5. The van der Waals surface area contributed by atoms with Gasteiger partial charge in [0.1, 0.15) is 5.82 Å². The number of aromatic nitrogens is 1. The maximum Gasteiger partial charge on any atom is 0.141 e. The number of halogens is 2. The van der Waals surface area contributed by atoms with Crippen LogP contribution in [0.15, 0.2) is 42.6 Å². The second kappa shape index (κ2) is 8.46. The first kappa shape index (κ1) is 19.8. The van der Waals surface area contributed by atoms with Crippen molar-refractivity contribution in [1.29, 1.82) is 0 Å². The first-order chi connectivity index (χ1) is 13.6. The molecule has 2 aromatic rings. The molecule has 3 heterocycles. The van der Waals surface area contributed by atoms with E-state index in [0.29, 0.717) is 13.2 Å². The van der Waals surface area contributed by atoms with Crippen LogP contribution in [0, 0.1) is 5.82 Å². The number of hydrogen-bond donors (Lipinski definition) is 1. The molecule has 2 aliphatic rings. The molecule has 2 fully saturated rings. The molecule has 6 heteroatoms. The van der Waals surface area contributed by atoms with Crippen LogP contribution >= 0.6 is 11.6 Å². The molecule has 1 aromatic carbocycles. The van der Waals surface area contributed by atoms with Crippen LogP contribution in [0.1, 0.15) is 36.9 Å². The third kappa shape index (κ3) is 4.38. The molecule has 0 radical (unpaired) electrons. The molecular weight excluding hydrogens is 379 g/mol. The maximum absolute atomic E-state index is 13.5. The molecule has 150 valence electrons. The van der Waals surface area contributed by atoms with Crippen LogP contribution < -0.4 is 5.32 Å². The highest BCUT2D eigenvalue weighted by Gasteiger charge is 2.49. The second-order valence-corrected chi connectivity index (χ2v) is 8.39. The fourth-order valence-corrected chi connectivity index (χ4v) is 4.60. The molecule has 28 heavy (non-hydrogen) atoms. The summed E-state index contributed by atoms with van der Waals surface area (Å²) in [6.07, 6.45) is 4.90. The minimum atomic E-state index is -0.300. The van der Waals surface area contributed by atoms with Gasteiger partial charge >= 0.3 is 0 Å². The van der Waals surface area contributed by atoms with E-state index in [4.69, 9.17) is 21.1 Å². The monoisotopic (exact) mass is 404 g/mol. The van der Waals surface area contributed by atoms with Crippen LogP contribution in [0.2, 0.25) is 5.02 Å². The Morgan fingerprint density at radius 1 is 1.11 bits per heavy atom. The summed E-state index contributed by atoms with van der Waals surface area (Å²) >= 11 is 5.95. The molecule has 2 unspecified atom stereocenters. The van der Waals surface area contributed by atoms with Crippen molar-refractivity contribution in [2.24, 2.45) is 0 Å². The van der Waals surface area contributed by atoms with Crippen LogP contribution in [0.3, 0.4) is 0 Å². The normalized spacial score (nSPS) is 27.4. The standard InChI is InChI=1S/C22H26ClFN2O2/c23-18-3-1-17(2-4-18)13-25-10-7-21(20-6-5-19(24)14-26-20)8-12-28-22(15-21)9-11-27-16-22/h1-6,14,25H,7-13,15-16H2. The molecule has 0 amide bonds. The van der Waals surface area contributed by atoms with Gasteiger partial charge in [0.2, 0.25) is 0 Å². The Morgan fingerprint density at radius 3 is 2.68 bits per heavy atom. The number of rotatable bonds is 6. The van der Waals surface area contributed by atoms with Crippen molar-refractivity contribution in [3.8, 4) is 0 Å². The van der Waals surface area contributed by atoms with Crippen molar-refractivity contribution in [1.82, 2.24) is 10.3 Å². The lowest BCUT2D eigenvalue weighted by molar-refractivity contribution is -0.109. The predicted molar refractivity (Wildman–Crippen MR) is 107 cm³/mol. The van der Waals surface area contributed by atoms with E-state index in [9.17, 15) is 4.39 Å². The maximum atomic E-state index is 13.5. The summed E-state index contributed by atoms with van der Waals surface area (Å²) in [6, 6.07) is 11.2.